The van der Waals surface area contributed by atoms with Gasteiger partial charge in [0, 0.05) is 0 Å². The van der Waals surface area contributed by atoms with Gasteiger partial charge in [0.2, 0.25) is 10.0 Å². The molecule has 1 unspecified atom stereocenters. The largest absolute Gasteiger partial charge is 0.392 e. The van der Waals surface area contributed by atoms with Gasteiger partial charge in [-0.15, -0.1) is 0 Å². The van der Waals surface area contributed by atoms with Gasteiger partial charge in [-0.05, 0) is 18.3 Å². The first-order valence-electron chi connectivity index (χ1n) is 5.87. The van der Waals surface area contributed by atoms with Crippen LogP contribution in [0.1, 0.15) is 47.0 Å². The van der Waals surface area contributed by atoms with E-state index in [1.54, 1.807) is 0 Å². The van der Waals surface area contributed by atoms with Crippen LogP contribution in [-0.4, -0.2) is 25.2 Å². The molecule has 0 rings (SSSR count). The number of nitrogens with two attached hydrogens (primary N) is 1. The zero-order valence-electron chi connectivity index (χ0n) is 11.1. The molecule has 0 saturated heterocycles. The van der Waals surface area contributed by atoms with Crippen molar-refractivity contribution in [1.82, 2.24) is 4.72 Å². The normalized spacial score (nSPS) is 14.6. The molecular formula is C11H24N2O2S2. The SMILES string of the molecule is CCCC(NS(=O)(=O)CCC(C)(C)C)C(N)=S. The first-order chi connectivity index (χ1) is 7.57. The molecule has 0 aliphatic heterocycles. The van der Waals surface area contributed by atoms with Gasteiger partial charge in [-0.1, -0.05) is 46.3 Å². The standard InChI is InChI=1S/C11H24N2O2S2/c1-5-6-9(10(12)16)13-17(14,15)8-7-11(2,3)4/h9,13H,5-8H2,1-4H3,(H2,12,16). The van der Waals surface area contributed by atoms with Crippen molar-refractivity contribution in [3.8, 4) is 0 Å². The van der Waals surface area contributed by atoms with Crippen LogP contribution in [0.2, 0.25) is 0 Å². The summed E-state index contributed by atoms with van der Waals surface area (Å²) in [5.41, 5.74) is 5.51. The Morgan fingerprint density at radius 1 is 1.41 bits per heavy atom. The van der Waals surface area contributed by atoms with E-state index in [0.29, 0.717) is 12.8 Å². The molecule has 0 saturated carbocycles. The summed E-state index contributed by atoms with van der Waals surface area (Å²) in [6.45, 7) is 8.01. The summed E-state index contributed by atoms with van der Waals surface area (Å²) in [6, 6.07) is -0.417. The smallest absolute Gasteiger partial charge is 0.212 e. The third-order valence-electron chi connectivity index (χ3n) is 2.36. The summed E-state index contributed by atoms with van der Waals surface area (Å²) in [6.07, 6.45) is 2.09. The Bertz CT molecular complexity index is 345. The maximum absolute atomic E-state index is 11.8. The molecule has 0 spiro atoms. The van der Waals surface area contributed by atoms with Crippen molar-refractivity contribution >= 4 is 27.2 Å². The minimum Gasteiger partial charge on any atom is -0.392 e. The second-order valence-electron chi connectivity index (χ2n) is 5.49. The van der Waals surface area contributed by atoms with E-state index in [9.17, 15) is 8.42 Å². The van der Waals surface area contributed by atoms with Crippen LogP contribution in [0.15, 0.2) is 0 Å². The molecule has 0 aromatic rings. The summed E-state index contributed by atoms with van der Waals surface area (Å²) in [5.74, 6) is 0.110. The molecule has 0 aromatic carbocycles. The molecule has 3 N–H and O–H groups in total. The highest BCUT2D eigenvalue weighted by Gasteiger charge is 2.21. The molecule has 0 heterocycles. The molecule has 0 bridgehead atoms. The van der Waals surface area contributed by atoms with E-state index in [-0.39, 0.29) is 16.2 Å². The number of hydrogen-bond donors (Lipinski definition) is 2. The Kier molecular flexibility index (Phi) is 6.58. The van der Waals surface area contributed by atoms with E-state index in [0.717, 1.165) is 6.42 Å². The molecule has 17 heavy (non-hydrogen) atoms. The number of nitrogens with one attached hydrogen (secondary N) is 1. The van der Waals surface area contributed by atoms with Gasteiger partial charge in [-0.2, -0.15) is 0 Å². The summed E-state index contributed by atoms with van der Waals surface area (Å²) >= 11 is 4.86. The van der Waals surface area contributed by atoms with Gasteiger partial charge in [0.15, 0.2) is 0 Å². The van der Waals surface area contributed by atoms with Crippen molar-refractivity contribution in [2.24, 2.45) is 11.1 Å². The van der Waals surface area contributed by atoms with E-state index in [1.807, 2.05) is 27.7 Å². The average molecular weight is 280 g/mol. The Morgan fingerprint density at radius 2 is 1.94 bits per heavy atom. The second kappa shape index (κ2) is 6.66. The van der Waals surface area contributed by atoms with E-state index in [2.05, 4.69) is 4.72 Å². The molecule has 102 valence electrons. The first-order valence-corrected chi connectivity index (χ1v) is 7.93. The van der Waals surface area contributed by atoms with Gasteiger partial charge >= 0.3 is 0 Å². The van der Waals surface area contributed by atoms with Crippen LogP contribution in [0.4, 0.5) is 0 Å². The zero-order chi connectivity index (χ0) is 13.7. The van der Waals surface area contributed by atoms with Crippen molar-refractivity contribution < 1.29 is 8.42 Å². The predicted molar refractivity (Wildman–Crippen MR) is 76.5 cm³/mol. The van der Waals surface area contributed by atoms with Gasteiger partial charge in [0.25, 0.3) is 0 Å². The molecule has 0 amide bonds. The van der Waals surface area contributed by atoms with Crippen LogP contribution < -0.4 is 10.5 Å². The molecule has 0 aliphatic carbocycles. The first kappa shape index (κ1) is 16.8. The van der Waals surface area contributed by atoms with Gasteiger partial charge in [-0.25, -0.2) is 13.1 Å². The molecule has 0 fully saturated rings. The van der Waals surface area contributed by atoms with Crippen molar-refractivity contribution in [2.45, 2.75) is 53.0 Å². The molecule has 6 heteroatoms. The van der Waals surface area contributed by atoms with Crippen LogP contribution in [0.3, 0.4) is 0 Å². The average Bonchev–Trinajstić information content (AvgIpc) is 2.13. The fourth-order valence-corrected chi connectivity index (χ4v) is 3.19. The lowest BCUT2D eigenvalue weighted by atomic mass is 9.94. The Balaban J connectivity index is 4.46. The van der Waals surface area contributed by atoms with Crippen LogP contribution in [-0.2, 0) is 10.0 Å². The summed E-state index contributed by atoms with van der Waals surface area (Å²) in [4.78, 5) is 0.214. The van der Waals surface area contributed by atoms with Crippen molar-refractivity contribution in [3.05, 3.63) is 0 Å². The fourth-order valence-electron chi connectivity index (χ4n) is 1.26. The lowest BCUT2D eigenvalue weighted by molar-refractivity contribution is 0.396. The third-order valence-corrected chi connectivity index (χ3v) is 4.03. The highest BCUT2D eigenvalue weighted by atomic mass is 32.2. The number of rotatable bonds is 7. The maximum atomic E-state index is 11.8. The van der Waals surface area contributed by atoms with Crippen LogP contribution in [0.25, 0.3) is 0 Å². The lowest BCUT2D eigenvalue weighted by Crippen LogP contribution is -2.44. The van der Waals surface area contributed by atoms with E-state index >= 15 is 0 Å². The highest BCUT2D eigenvalue weighted by Crippen LogP contribution is 2.19. The molecule has 0 aliphatic rings. The summed E-state index contributed by atoms with van der Waals surface area (Å²) < 4.78 is 26.3. The summed E-state index contributed by atoms with van der Waals surface area (Å²) in [5, 5.41) is 0. The van der Waals surface area contributed by atoms with Crippen LogP contribution >= 0.6 is 12.2 Å². The number of thiocarbonyl (C=S) groups is 1. The summed E-state index contributed by atoms with van der Waals surface area (Å²) in [7, 11) is -3.30. The van der Waals surface area contributed by atoms with Gasteiger partial charge in [0.1, 0.15) is 0 Å². The molecule has 1 atom stereocenters. The molecule has 0 aromatic heterocycles. The van der Waals surface area contributed by atoms with E-state index in [1.165, 1.54) is 0 Å². The van der Waals surface area contributed by atoms with Crippen molar-refractivity contribution in [2.75, 3.05) is 5.75 Å². The third kappa shape index (κ3) is 8.51. The van der Waals surface area contributed by atoms with Gasteiger partial charge < -0.3 is 5.73 Å². The van der Waals surface area contributed by atoms with Crippen molar-refractivity contribution in [1.29, 1.82) is 0 Å². The van der Waals surface area contributed by atoms with Gasteiger partial charge in [0.05, 0.1) is 16.8 Å². The Morgan fingerprint density at radius 3 is 2.29 bits per heavy atom. The second-order valence-corrected chi connectivity index (χ2v) is 7.84. The monoisotopic (exact) mass is 280 g/mol. The molecule has 4 nitrogen and oxygen atoms in total. The quantitative estimate of drug-likeness (QED) is 0.698. The van der Waals surface area contributed by atoms with Gasteiger partial charge in [-0.3, -0.25) is 0 Å². The highest BCUT2D eigenvalue weighted by molar-refractivity contribution is 7.89. The number of hydrogen-bond acceptors (Lipinski definition) is 3. The molecular weight excluding hydrogens is 256 g/mol. The predicted octanol–water partition coefficient (Wildman–Crippen LogP) is 1.80. The molecule has 0 radical (unpaired) electrons. The minimum atomic E-state index is -3.30. The van der Waals surface area contributed by atoms with Crippen LogP contribution in [0, 0.1) is 5.41 Å². The maximum Gasteiger partial charge on any atom is 0.212 e. The Hall–Kier alpha value is -0.200. The lowest BCUT2D eigenvalue weighted by Gasteiger charge is -2.20. The topological polar surface area (TPSA) is 72.2 Å². The fraction of sp³-hybridized carbons (Fsp3) is 0.909. The van der Waals surface area contributed by atoms with E-state index in [4.69, 9.17) is 18.0 Å². The number of sulfonamides is 1. The van der Waals surface area contributed by atoms with Crippen molar-refractivity contribution in [3.63, 3.8) is 0 Å². The minimum absolute atomic E-state index is 0.00176. The van der Waals surface area contributed by atoms with Crippen LogP contribution in [0.5, 0.6) is 0 Å². The van der Waals surface area contributed by atoms with E-state index < -0.39 is 16.1 Å². The zero-order valence-corrected chi connectivity index (χ0v) is 12.7. The Labute approximate surface area is 110 Å².